The number of ether oxygens (including phenoxy) is 1. The topological polar surface area (TPSA) is 132 Å². The molecular weight excluding hydrogens is 576 g/mol. The van der Waals surface area contributed by atoms with Crippen LogP contribution in [-0.4, -0.2) is 68.2 Å². The van der Waals surface area contributed by atoms with E-state index in [0.29, 0.717) is 54.6 Å². The number of hydrogen-bond acceptors (Lipinski definition) is 7. The molecule has 5 aromatic rings. The Hall–Kier alpha value is -4.29. The summed E-state index contributed by atoms with van der Waals surface area (Å²) in [5.74, 6) is -0.340. The highest BCUT2D eigenvalue weighted by atomic mass is 32.2. The van der Waals surface area contributed by atoms with E-state index in [1.807, 2.05) is 77.4 Å². The SMILES string of the molecule is NCc1ccc2cc(C(=O)NCCN3CCOCC3)n(Cc3cc(NS(=O)(=O)Cc4ccccc4)cc4ccccc34)c2n1. The smallest absolute Gasteiger partial charge is 0.268 e. The molecule has 1 aliphatic heterocycles. The minimum atomic E-state index is -3.68. The molecule has 228 valence electrons. The van der Waals surface area contributed by atoms with Gasteiger partial charge in [-0.1, -0.05) is 54.6 Å². The first kappa shape index (κ1) is 29.8. The van der Waals surface area contributed by atoms with Crippen molar-refractivity contribution in [3.63, 3.8) is 0 Å². The third kappa shape index (κ3) is 6.92. The zero-order valence-electron chi connectivity index (χ0n) is 24.4. The van der Waals surface area contributed by atoms with Gasteiger partial charge in [0.15, 0.2) is 0 Å². The summed E-state index contributed by atoms with van der Waals surface area (Å²) in [6.07, 6.45) is 0. The second-order valence-corrected chi connectivity index (χ2v) is 12.7. The average molecular weight is 613 g/mol. The summed E-state index contributed by atoms with van der Waals surface area (Å²) in [6, 6.07) is 26.2. The molecule has 0 atom stereocenters. The van der Waals surface area contributed by atoms with Gasteiger partial charge in [0, 0.05) is 43.8 Å². The maximum absolute atomic E-state index is 13.6. The molecule has 2 aromatic heterocycles. The number of sulfonamides is 1. The highest BCUT2D eigenvalue weighted by Gasteiger charge is 2.20. The monoisotopic (exact) mass is 612 g/mol. The minimum absolute atomic E-state index is 0.140. The molecule has 1 fully saturated rings. The van der Waals surface area contributed by atoms with Crippen molar-refractivity contribution in [2.75, 3.05) is 44.1 Å². The lowest BCUT2D eigenvalue weighted by Gasteiger charge is -2.26. The molecule has 6 rings (SSSR count). The molecular formula is C33H36N6O4S. The fourth-order valence-corrected chi connectivity index (χ4v) is 6.81. The Bertz CT molecular complexity index is 1890. The van der Waals surface area contributed by atoms with Gasteiger partial charge < -0.3 is 20.4 Å². The quantitative estimate of drug-likeness (QED) is 0.207. The number of nitrogens with zero attached hydrogens (tertiary/aromatic N) is 3. The highest BCUT2D eigenvalue weighted by Crippen LogP contribution is 2.28. The van der Waals surface area contributed by atoms with Gasteiger partial charge in [-0.2, -0.15) is 0 Å². The van der Waals surface area contributed by atoms with E-state index < -0.39 is 10.0 Å². The van der Waals surface area contributed by atoms with Crippen molar-refractivity contribution in [1.82, 2.24) is 19.8 Å². The van der Waals surface area contributed by atoms with Crippen molar-refractivity contribution in [2.45, 2.75) is 18.8 Å². The second-order valence-electron chi connectivity index (χ2n) is 10.9. The maximum atomic E-state index is 13.6. The van der Waals surface area contributed by atoms with Crippen molar-refractivity contribution in [1.29, 1.82) is 0 Å². The van der Waals surface area contributed by atoms with E-state index in [2.05, 4.69) is 14.9 Å². The summed E-state index contributed by atoms with van der Waals surface area (Å²) in [7, 11) is -3.68. The molecule has 11 heteroatoms. The molecule has 3 heterocycles. The number of aromatic nitrogens is 2. The van der Waals surface area contributed by atoms with Gasteiger partial charge >= 0.3 is 0 Å². The van der Waals surface area contributed by atoms with Crippen LogP contribution in [0.4, 0.5) is 5.69 Å². The molecule has 44 heavy (non-hydrogen) atoms. The van der Waals surface area contributed by atoms with Crippen molar-refractivity contribution in [3.05, 3.63) is 107 Å². The number of carbonyl (C=O) groups is 1. The van der Waals surface area contributed by atoms with Crippen molar-refractivity contribution in [2.24, 2.45) is 5.73 Å². The normalized spacial score (nSPS) is 14.2. The first-order valence-electron chi connectivity index (χ1n) is 14.7. The van der Waals surface area contributed by atoms with Gasteiger partial charge in [-0.05, 0) is 52.2 Å². The number of anilines is 1. The maximum Gasteiger partial charge on any atom is 0.268 e. The van der Waals surface area contributed by atoms with Crippen LogP contribution >= 0.6 is 0 Å². The van der Waals surface area contributed by atoms with E-state index in [-0.39, 0.29) is 18.2 Å². The van der Waals surface area contributed by atoms with Gasteiger partial charge in [0.25, 0.3) is 5.91 Å². The molecule has 4 N–H and O–H groups in total. The summed E-state index contributed by atoms with van der Waals surface area (Å²) in [5, 5.41) is 5.74. The first-order chi connectivity index (χ1) is 21.4. The summed E-state index contributed by atoms with van der Waals surface area (Å²) < 4.78 is 36.4. The number of benzene rings is 3. The van der Waals surface area contributed by atoms with Gasteiger partial charge in [-0.25, -0.2) is 13.4 Å². The number of amides is 1. The third-order valence-electron chi connectivity index (χ3n) is 7.81. The number of rotatable bonds is 11. The standard InChI is InChI=1S/C33H36N6O4S/c34-21-28-11-10-26-20-31(33(40)35-12-13-38-14-16-43-17-15-38)39(32(26)36-28)22-27-19-29(18-25-8-4-5-9-30(25)27)37-44(41,42)23-24-6-2-1-3-7-24/h1-11,18-20,37H,12-17,21-23,34H2,(H,35,40). The van der Waals surface area contributed by atoms with Gasteiger partial charge in [0.1, 0.15) is 11.3 Å². The molecule has 1 saturated heterocycles. The molecule has 0 radical (unpaired) electrons. The molecule has 0 aliphatic carbocycles. The van der Waals surface area contributed by atoms with E-state index in [1.54, 1.807) is 12.1 Å². The van der Waals surface area contributed by atoms with E-state index in [4.69, 9.17) is 15.5 Å². The predicted molar refractivity (Wildman–Crippen MR) is 173 cm³/mol. The number of hydrogen-bond donors (Lipinski definition) is 3. The van der Waals surface area contributed by atoms with E-state index in [9.17, 15) is 13.2 Å². The Balaban J connectivity index is 1.33. The van der Waals surface area contributed by atoms with Crippen molar-refractivity contribution < 1.29 is 17.9 Å². The molecule has 10 nitrogen and oxygen atoms in total. The summed E-state index contributed by atoms with van der Waals surface area (Å²) >= 11 is 0. The third-order valence-corrected chi connectivity index (χ3v) is 9.07. The molecule has 0 bridgehead atoms. The average Bonchev–Trinajstić information content (AvgIpc) is 3.39. The van der Waals surface area contributed by atoms with Crippen LogP contribution in [0.25, 0.3) is 21.8 Å². The Morgan fingerprint density at radius 2 is 1.70 bits per heavy atom. The number of fused-ring (bicyclic) bond motifs is 2. The zero-order valence-corrected chi connectivity index (χ0v) is 25.2. The van der Waals surface area contributed by atoms with E-state index in [0.717, 1.165) is 41.4 Å². The van der Waals surface area contributed by atoms with Gasteiger partial charge in [0.2, 0.25) is 10.0 Å². The van der Waals surface area contributed by atoms with Crippen LogP contribution in [0, 0.1) is 0 Å². The Kier molecular flexibility index (Phi) is 8.89. The van der Waals surface area contributed by atoms with Gasteiger partial charge in [-0.15, -0.1) is 0 Å². The number of nitrogens with one attached hydrogen (secondary N) is 2. The number of carbonyl (C=O) groups excluding carboxylic acids is 1. The lowest BCUT2D eigenvalue weighted by atomic mass is 10.0. The van der Waals surface area contributed by atoms with Crippen molar-refractivity contribution >= 4 is 43.4 Å². The number of morpholine rings is 1. The minimum Gasteiger partial charge on any atom is -0.379 e. The summed E-state index contributed by atoms with van der Waals surface area (Å²) in [6.45, 7) is 4.90. The number of pyridine rings is 1. The van der Waals surface area contributed by atoms with Gasteiger partial charge in [0.05, 0.1) is 31.2 Å². The Morgan fingerprint density at radius 3 is 2.50 bits per heavy atom. The lowest BCUT2D eigenvalue weighted by molar-refractivity contribution is 0.0383. The summed E-state index contributed by atoms with van der Waals surface area (Å²) in [5.41, 5.74) is 9.76. The lowest BCUT2D eigenvalue weighted by Crippen LogP contribution is -2.41. The van der Waals surface area contributed by atoms with E-state index in [1.165, 1.54) is 0 Å². The van der Waals surface area contributed by atoms with Crippen LogP contribution in [0.3, 0.4) is 0 Å². The first-order valence-corrected chi connectivity index (χ1v) is 16.4. The van der Waals surface area contributed by atoms with Crippen LogP contribution < -0.4 is 15.8 Å². The largest absolute Gasteiger partial charge is 0.379 e. The van der Waals surface area contributed by atoms with Crippen molar-refractivity contribution in [3.8, 4) is 0 Å². The Morgan fingerprint density at radius 1 is 0.932 bits per heavy atom. The molecule has 0 unspecified atom stereocenters. The molecule has 1 aliphatic rings. The predicted octanol–water partition coefficient (Wildman–Crippen LogP) is 3.70. The fourth-order valence-electron chi connectivity index (χ4n) is 5.63. The van der Waals surface area contributed by atoms with E-state index >= 15 is 0 Å². The molecule has 3 aromatic carbocycles. The van der Waals surface area contributed by atoms with Crippen LogP contribution in [0.1, 0.15) is 27.3 Å². The summed E-state index contributed by atoms with van der Waals surface area (Å²) in [4.78, 5) is 20.6. The highest BCUT2D eigenvalue weighted by molar-refractivity contribution is 7.91. The molecule has 1 amide bonds. The van der Waals surface area contributed by atoms with Crippen LogP contribution in [-0.2, 0) is 33.6 Å². The van der Waals surface area contributed by atoms with Crippen LogP contribution in [0.5, 0.6) is 0 Å². The van der Waals surface area contributed by atoms with Crippen LogP contribution in [0.15, 0.2) is 84.9 Å². The van der Waals surface area contributed by atoms with Crippen LogP contribution in [0.2, 0.25) is 0 Å². The molecule has 0 spiro atoms. The second kappa shape index (κ2) is 13.1. The fraction of sp³-hybridized carbons (Fsp3) is 0.273. The Labute approximate surface area is 256 Å². The zero-order chi connectivity index (χ0) is 30.5. The number of nitrogens with two attached hydrogens (primary N) is 1. The van der Waals surface area contributed by atoms with Gasteiger partial charge in [-0.3, -0.25) is 14.4 Å². The molecule has 0 saturated carbocycles.